The first-order valence-electron chi connectivity index (χ1n) is 10.3. The van der Waals surface area contributed by atoms with Crippen molar-refractivity contribution in [2.24, 2.45) is 5.10 Å². The zero-order valence-electron chi connectivity index (χ0n) is 17.9. The van der Waals surface area contributed by atoms with Crippen molar-refractivity contribution < 1.29 is 14.3 Å². The molecule has 7 heteroatoms. The molecular formula is C26H24BrN3O3. The van der Waals surface area contributed by atoms with Crippen LogP contribution in [0.15, 0.2) is 101 Å². The quantitative estimate of drug-likeness (QED) is 0.230. The third-order valence-electron chi connectivity index (χ3n) is 4.65. The Balaban J connectivity index is 1.68. The van der Waals surface area contributed by atoms with Gasteiger partial charge in [0.1, 0.15) is 12.4 Å². The van der Waals surface area contributed by atoms with Crippen LogP contribution in [0.3, 0.4) is 0 Å². The van der Waals surface area contributed by atoms with Gasteiger partial charge in [-0.25, -0.2) is 5.43 Å². The van der Waals surface area contributed by atoms with E-state index in [9.17, 15) is 9.59 Å². The molecule has 0 aliphatic rings. The molecule has 0 aromatic heterocycles. The molecule has 3 aromatic carbocycles. The largest absolute Gasteiger partial charge is 0.489 e. The zero-order chi connectivity index (χ0) is 23.5. The highest BCUT2D eigenvalue weighted by Gasteiger charge is 2.19. The number of hydrogen-bond donors (Lipinski definition) is 2. The summed E-state index contributed by atoms with van der Waals surface area (Å²) in [6.45, 7) is 4.00. The highest BCUT2D eigenvalue weighted by molar-refractivity contribution is 9.10. The summed E-state index contributed by atoms with van der Waals surface area (Å²) >= 11 is 3.42. The predicted octanol–water partition coefficient (Wildman–Crippen LogP) is 5.03. The molecule has 0 saturated carbocycles. The van der Waals surface area contributed by atoms with Gasteiger partial charge < -0.3 is 10.1 Å². The molecule has 2 N–H and O–H groups in total. The molecule has 0 saturated heterocycles. The van der Waals surface area contributed by atoms with Crippen molar-refractivity contribution in [1.82, 2.24) is 10.7 Å². The van der Waals surface area contributed by atoms with E-state index in [1.54, 1.807) is 36.4 Å². The van der Waals surface area contributed by atoms with E-state index < -0.39 is 6.04 Å². The van der Waals surface area contributed by atoms with Crippen molar-refractivity contribution in [3.8, 4) is 5.75 Å². The summed E-state index contributed by atoms with van der Waals surface area (Å²) in [5.41, 5.74) is 4.59. The number of hydrogen-bond acceptors (Lipinski definition) is 4. The highest BCUT2D eigenvalue weighted by Crippen LogP contribution is 2.22. The number of ether oxygens (including phenoxy) is 1. The van der Waals surface area contributed by atoms with Crippen molar-refractivity contribution in [3.63, 3.8) is 0 Å². The van der Waals surface area contributed by atoms with Gasteiger partial charge in [-0.2, -0.15) is 5.10 Å². The number of rotatable bonds is 10. The summed E-state index contributed by atoms with van der Waals surface area (Å²) in [6, 6.07) is 23.2. The van der Waals surface area contributed by atoms with E-state index in [0.29, 0.717) is 23.5 Å². The number of amides is 2. The minimum atomic E-state index is -0.508. The SMILES string of the molecule is C=CCOc1ccc(Br)cc1/C=N\NC(=O)C[C@@H](NC(=O)c1ccccc1)c1ccccc1. The van der Waals surface area contributed by atoms with Crippen LogP contribution in [0.2, 0.25) is 0 Å². The zero-order valence-corrected chi connectivity index (χ0v) is 19.5. The van der Waals surface area contributed by atoms with Crippen LogP contribution in [0.5, 0.6) is 5.75 Å². The van der Waals surface area contributed by atoms with Crippen LogP contribution in [0.25, 0.3) is 0 Å². The Morgan fingerprint density at radius 1 is 1.03 bits per heavy atom. The van der Waals surface area contributed by atoms with E-state index in [0.717, 1.165) is 10.0 Å². The van der Waals surface area contributed by atoms with Gasteiger partial charge in [0.05, 0.1) is 18.7 Å². The van der Waals surface area contributed by atoms with Gasteiger partial charge in [0.25, 0.3) is 5.91 Å². The first kappa shape index (κ1) is 23.9. The second-order valence-electron chi connectivity index (χ2n) is 7.08. The van der Waals surface area contributed by atoms with Crippen molar-refractivity contribution in [1.29, 1.82) is 0 Å². The van der Waals surface area contributed by atoms with Gasteiger partial charge >= 0.3 is 0 Å². The molecule has 6 nitrogen and oxygen atoms in total. The molecule has 0 spiro atoms. The third-order valence-corrected chi connectivity index (χ3v) is 5.15. The Hall–Kier alpha value is -3.71. The summed E-state index contributed by atoms with van der Waals surface area (Å²) in [6.07, 6.45) is 3.19. The lowest BCUT2D eigenvalue weighted by atomic mass is 10.0. The topological polar surface area (TPSA) is 79.8 Å². The van der Waals surface area contributed by atoms with Gasteiger partial charge in [0.2, 0.25) is 5.91 Å². The molecule has 0 aliphatic carbocycles. The molecule has 2 amide bonds. The molecular weight excluding hydrogens is 482 g/mol. The Labute approximate surface area is 201 Å². The van der Waals surface area contributed by atoms with E-state index in [-0.39, 0.29) is 18.2 Å². The number of hydrazone groups is 1. The number of nitrogens with zero attached hydrogens (tertiary/aromatic N) is 1. The summed E-state index contributed by atoms with van der Waals surface area (Å²) in [4.78, 5) is 25.3. The molecule has 33 heavy (non-hydrogen) atoms. The van der Waals surface area contributed by atoms with Crippen LogP contribution in [-0.2, 0) is 4.79 Å². The van der Waals surface area contributed by atoms with Crippen LogP contribution in [-0.4, -0.2) is 24.6 Å². The maximum absolute atomic E-state index is 12.7. The molecule has 0 heterocycles. The van der Waals surface area contributed by atoms with Gasteiger partial charge in [0, 0.05) is 15.6 Å². The van der Waals surface area contributed by atoms with Gasteiger partial charge in [-0.3, -0.25) is 9.59 Å². The highest BCUT2D eigenvalue weighted by atomic mass is 79.9. The molecule has 0 aliphatic heterocycles. The van der Waals surface area contributed by atoms with Crippen LogP contribution >= 0.6 is 15.9 Å². The van der Waals surface area contributed by atoms with Gasteiger partial charge in [-0.1, -0.05) is 77.1 Å². The predicted molar refractivity (Wildman–Crippen MR) is 133 cm³/mol. The smallest absolute Gasteiger partial charge is 0.251 e. The Morgan fingerprint density at radius 3 is 2.42 bits per heavy atom. The van der Waals surface area contributed by atoms with E-state index >= 15 is 0 Å². The lowest BCUT2D eigenvalue weighted by Gasteiger charge is -2.18. The maximum atomic E-state index is 12.7. The summed E-state index contributed by atoms with van der Waals surface area (Å²) in [5.74, 6) is 0.0318. The van der Waals surface area contributed by atoms with E-state index in [2.05, 4.69) is 38.4 Å². The summed E-state index contributed by atoms with van der Waals surface area (Å²) in [7, 11) is 0. The van der Waals surface area contributed by atoms with Crippen molar-refractivity contribution in [3.05, 3.63) is 113 Å². The molecule has 3 rings (SSSR count). The third kappa shape index (κ3) is 7.43. The standard InChI is InChI=1S/C26H24BrN3O3/c1-2-15-33-24-14-13-22(27)16-21(24)18-28-30-25(31)17-23(19-9-5-3-6-10-19)29-26(32)20-11-7-4-8-12-20/h2-14,16,18,23H,1,15,17H2,(H,29,32)(H,30,31)/b28-18-/t23-/m1/s1. The molecule has 3 aromatic rings. The Morgan fingerprint density at radius 2 is 1.73 bits per heavy atom. The Kier molecular flexibility index (Phi) is 8.97. The second kappa shape index (κ2) is 12.4. The lowest BCUT2D eigenvalue weighted by molar-refractivity contribution is -0.121. The number of benzene rings is 3. The maximum Gasteiger partial charge on any atom is 0.251 e. The normalized spacial score (nSPS) is 11.5. The van der Waals surface area contributed by atoms with Crippen LogP contribution < -0.4 is 15.5 Å². The average molecular weight is 506 g/mol. The molecule has 0 radical (unpaired) electrons. The fourth-order valence-electron chi connectivity index (χ4n) is 3.07. The number of halogens is 1. The molecule has 0 unspecified atom stereocenters. The van der Waals surface area contributed by atoms with Crippen LogP contribution in [0.4, 0.5) is 0 Å². The van der Waals surface area contributed by atoms with E-state index in [1.165, 1.54) is 6.21 Å². The minimum absolute atomic E-state index is 0.0260. The first-order valence-corrected chi connectivity index (χ1v) is 11.1. The first-order chi connectivity index (χ1) is 16.1. The summed E-state index contributed by atoms with van der Waals surface area (Å²) in [5, 5.41) is 7.01. The van der Waals surface area contributed by atoms with Gasteiger partial charge in [-0.15, -0.1) is 0 Å². The molecule has 1 atom stereocenters. The van der Waals surface area contributed by atoms with Gasteiger partial charge in [0.15, 0.2) is 0 Å². The van der Waals surface area contributed by atoms with E-state index in [1.807, 2.05) is 48.5 Å². The van der Waals surface area contributed by atoms with Crippen molar-refractivity contribution >= 4 is 34.0 Å². The van der Waals surface area contributed by atoms with Crippen LogP contribution in [0.1, 0.15) is 33.9 Å². The van der Waals surface area contributed by atoms with Crippen molar-refractivity contribution in [2.75, 3.05) is 6.61 Å². The molecule has 168 valence electrons. The number of nitrogens with one attached hydrogen (secondary N) is 2. The van der Waals surface area contributed by atoms with E-state index in [4.69, 9.17) is 4.74 Å². The minimum Gasteiger partial charge on any atom is -0.489 e. The fourth-order valence-corrected chi connectivity index (χ4v) is 3.45. The van der Waals surface area contributed by atoms with Crippen molar-refractivity contribution in [2.45, 2.75) is 12.5 Å². The molecule has 0 bridgehead atoms. The molecule has 0 fully saturated rings. The number of carbonyl (C=O) groups excluding carboxylic acids is 2. The monoisotopic (exact) mass is 505 g/mol. The Bertz CT molecular complexity index is 1120. The number of carbonyl (C=O) groups is 2. The summed E-state index contributed by atoms with van der Waals surface area (Å²) < 4.78 is 6.47. The lowest BCUT2D eigenvalue weighted by Crippen LogP contribution is -2.32. The van der Waals surface area contributed by atoms with Gasteiger partial charge in [-0.05, 0) is 35.9 Å². The fraction of sp³-hybridized carbons (Fsp3) is 0.115. The van der Waals surface area contributed by atoms with Crippen LogP contribution in [0, 0.1) is 0 Å². The average Bonchev–Trinajstić information content (AvgIpc) is 2.84. The second-order valence-corrected chi connectivity index (χ2v) is 8.00.